The molecule has 3 N–H and O–H groups in total. The number of halogens is 3. The number of hydrogen-bond donors (Lipinski definition) is 2. The van der Waals surface area contributed by atoms with Crippen molar-refractivity contribution in [3.63, 3.8) is 0 Å². The number of para-hydroxylation sites is 1. The summed E-state index contributed by atoms with van der Waals surface area (Å²) in [7, 11) is 0. The van der Waals surface area contributed by atoms with Crippen molar-refractivity contribution in [3.8, 4) is 0 Å². The SMILES string of the molecule is Cl.Cl.NCc1nc2c(F)cccc2[nH]1. The maximum atomic E-state index is 13.0. The van der Waals surface area contributed by atoms with E-state index >= 15 is 0 Å². The zero-order valence-electron chi connectivity index (χ0n) is 7.16. The molecule has 0 fully saturated rings. The van der Waals surface area contributed by atoms with Crippen molar-refractivity contribution >= 4 is 35.8 Å². The molecule has 6 heteroatoms. The standard InChI is InChI=1S/C8H8FN3.2ClH/c9-5-2-1-3-6-8(5)12-7(4-10)11-6;;/h1-3H,4,10H2,(H,11,12);2*1H. The average molecular weight is 238 g/mol. The molecule has 2 aromatic rings. The minimum absolute atomic E-state index is 0. The van der Waals surface area contributed by atoms with Crippen LogP contribution in [-0.4, -0.2) is 9.97 Å². The average Bonchev–Trinajstić information content (AvgIpc) is 2.49. The van der Waals surface area contributed by atoms with Crippen LogP contribution >= 0.6 is 24.8 Å². The number of aromatic amines is 1. The highest BCUT2D eigenvalue weighted by atomic mass is 35.5. The summed E-state index contributed by atoms with van der Waals surface area (Å²) in [6.07, 6.45) is 0. The van der Waals surface area contributed by atoms with E-state index < -0.39 is 0 Å². The number of hydrogen-bond acceptors (Lipinski definition) is 2. The highest BCUT2D eigenvalue weighted by Crippen LogP contribution is 2.14. The van der Waals surface area contributed by atoms with Gasteiger partial charge < -0.3 is 10.7 Å². The molecule has 0 atom stereocenters. The Bertz CT molecular complexity index is 416. The van der Waals surface area contributed by atoms with Gasteiger partial charge in [0.1, 0.15) is 11.3 Å². The molecule has 0 aliphatic rings. The number of H-pyrrole nitrogens is 1. The van der Waals surface area contributed by atoms with E-state index in [1.54, 1.807) is 12.1 Å². The summed E-state index contributed by atoms with van der Waals surface area (Å²) in [6, 6.07) is 4.78. The van der Waals surface area contributed by atoms with Crippen LogP contribution in [0.5, 0.6) is 0 Å². The quantitative estimate of drug-likeness (QED) is 0.798. The fourth-order valence-corrected chi connectivity index (χ4v) is 1.14. The van der Waals surface area contributed by atoms with E-state index in [-0.39, 0.29) is 30.6 Å². The molecule has 0 unspecified atom stereocenters. The van der Waals surface area contributed by atoms with E-state index in [1.807, 2.05) is 0 Å². The van der Waals surface area contributed by atoms with Gasteiger partial charge in [-0.15, -0.1) is 24.8 Å². The second-order valence-electron chi connectivity index (χ2n) is 2.52. The number of aromatic nitrogens is 2. The van der Waals surface area contributed by atoms with E-state index in [2.05, 4.69) is 9.97 Å². The monoisotopic (exact) mass is 237 g/mol. The number of nitrogens with one attached hydrogen (secondary N) is 1. The molecule has 3 nitrogen and oxygen atoms in total. The summed E-state index contributed by atoms with van der Waals surface area (Å²) in [4.78, 5) is 6.89. The van der Waals surface area contributed by atoms with Gasteiger partial charge in [0.2, 0.25) is 0 Å². The Hall–Kier alpha value is -0.840. The predicted molar refractivity (Wildman–Crippen MR) is 58.4 cm³/mol. The fraction of sp³-hybridized carbons (Fsp3) is 0.125. The third kappa shape index (κ3) is 2.15. The molecular weight excluding hydrogens is 228 g/mol. The minimum atomic E-state index is -0.316. The number of nitrogens with zero attached hydrogens (tertiary/aromatic N) is 1. The first kappa shape index (κ1) is 13.2. The van der Waals surface area contributed by atoms with Crippen molar-refractivity contribution in [1.29, 1.82) is 0 Å². The van der Waals surface area contributed by atoms with Gasteiger partial charge in [-0.05, 0) is 12.1 Å². The van der Waals surface area contributed by atoms with E-state index in [1.165, 1.54) is 6.07 Å². The first-order valence-electron chi connectivity index (χ1n) is 3.64. The van der Waals surface area contributed by atoms with Crippen molar-refractivity contribution < 1.29 is 4.39 Å². The molecule has 2 rings (SSSR count). The van der Waals surface area contributed by atoms with Crippen LogP contribution in [0.4, 0.5) is 4.39 Å². The van der Waals surface area contributed by atoms with E-state index in [0.717, 1.165) is 0 Å². The van der Waals surface area contributed by atoms with Crippen LogP contribution in [0.2, 0.25) is 0 Å². The summed E-state index contributed by atoms with van der Waals surface area (Å²) in [6.45, 7) is 0.300. The first-order valence-corrected chi connectivity index (χ1v) is 3.64. The summed E-state index contributed by atoms with van der Waals surface area (Å²) in [5.41, 5.74) is 6.40. The highest BCUT2D eigenvalue weighted by molar-refractivity contribution is 5.85. The van der Waals surface area contributed by atoms with Crippen LogP contribution in [0.1, 0.15) is 5.82 Å². The number of nitrogens with two attached hydrogens (primary N) is 1. The predicted octanol–water partition coefficient (Wildman–Crippen LogP) is 2.00. The molecule has 14 heavy (non-hydrogen) atoms. The molecule has 1 aromatic heterocycles. The minimum Gasteiger partial charge on any atom is -0.341 e. The van der Waals surface area contributed by atoms with Gasteiger partial charge >= 0.3 is 0 Å². The van der Waals surface area contributed by atoms with Crippen molar-refractivity contribution in [1.82, 2.24) is 9.97 Å². The van der Waals surface area contributed by atoms with Crippen LogP contribution in [0.15, 0.2) is 18.2 Å². The molecule has 1 aromatic carbocycles. The third-order valence-corrected chi connectivity index (χ3v) is 1.71. The smallest absolute Gasteiger partial charge is 0.151 e. The Balaban J connectivity index is 0.000000845. The topological polar surface area (TPSA) is 54.7 Å². The second-order valence-corrected chi connectivity index (χ2v) is 2.52. The number of rotatable bonds is 1. The van der Waals surface area contributed by atoms with Crippen LogP contribution in [-0.2, 0) is 6.54 Å². The Labute approximate surface area is 92.7 Å². The number of fused-ring (bicyclic) bond motifs is 1. The van der Waals surface area contributed by atoms with Gasteiger partial charge in [0.05, 0.1) is 12.1 Å². The molecule has 0 aliphatic heterocycles. The van der Waals surface area contributed by atoms with E-state index in [4.69, 9.17) is 5.73 Å². The van der Waals surface area contributed by atoms with Crippen LogP contribution < -0.4 is 5.73 Å². The summed E-state index contributed by atoms with van der Waals surface area (Å²) >= 11 is 0. The summed E-state index contributed by atoms with van der Waals surface area (Å²) < 4.78 is 13.0. The maximum Gasteiger partial charge on any atom is 0.151 e. The van der Waals surface area contributed by atoms with E-state index in [0.29, 0.717) is 23.4 Å². The van der Waals surface area contributed by atoms with Crippen LogP contribution in [0, 0.1) is 5.82 Å². The maximum absolute atomic E-state index is 13.0. The zero-order valence-corrected chi connectivity index (χ0v) is 8.79. The largest absolute Gasteiger partial charge is 0.341 e. The van der Waals surface area contributed by atoms with E-state index in [9.17, 15) is 4.39 Å². The van der Waals surface area contributed by atoms with Gasteiger partial charge in [-0.2, -0.15) is 0 Å². The third-order valence-electron chi connectivity index (χ3n) is 1.71. The lowest BCUT2D eigenvalue weighted by atomic mass is 10.3. The van der Waals surface area contributed by atoms with Gasteiger partial charge in [0.25, 0.3) is 0 Å². The molecule has 0 saturated carbocycles. The molecule has 0 spiro atoms. The van der Waals surface area contributed by atoms with Crippen molar-refractivity contribution in [3.05, 3.63) is 29.8 Å². The van der Waals surface area contributed by atoms with Crippen molar-refractivity contribution in [2.75, 3.05) is 0 Å². The van der Waals surface area contributed by atoms with Gasteiger partial charge in [-0.25, -0.2) is 9.37 Å². The number of benzene rings is 1. The molecule has 0 saturated heterocycles. The van der Waals surface area contributed by atoms with Crippen LogP contribution in [0.25, 0.3) is 11.0 Å². The highest BCUT2D eigenvalue weighted by Gasteiger charge is 2.04. The normalized spacial score (nSPS) is 9.29. The van der Waals surface area contributed by atoms with Gasteiger partial charge in [-0.3, -0.25) is 0 Å². The molecule has 0 aliphatic carbocycles. The Morgan fingerprint density at radius 1 is 1.36 bits per heavy atom. The molecule has 0 amide bonds. The second kappa shape index (κ2) is 5.14. The molecular formula is C8H10Cl2FN3. The first-order chi connectivity index (χ1) is 5.81. The number of imidazole rings is 1. The Morgan fingerprint density at radius 3 is 2.64 bits per heavy atom. The van der Waals surface area contributed by atoms with Gasteiger partial charge in [0.15, 0.2) is 5.82 Å². The zero-order chi connectivity index (χ0) is 8.55. The van der Waals surface area contributed by atoms with Crippen LogP contribution in [0.3, 0.4) is 0 Å². The Morgan fingerprint density at radius 2 is 2.07 bits per heavy atom. The lowest BCUT2D eigenvalue weighted by Crippen LogP contribution is -1.97. The summed E-state index contributed by atoms with van der Waals surface area (Å²) in [5.74, 6) is 0.290. The molecule has 78 valence electrons. The Kier molecular flexibility index (Phi) is 4.83. The van der Waals surface area contributed by atoms with Crippen molar-refractivity contribution in [2.24, 2.45) is 5.73 Å². The lowest BCUT2D eigenvalue weighted by Gasteiger charge is -1.86. The molecule has 0 radical (unpaired) electrons. The lowest BCUT2D eigenvalue weighted by molar-refractivity contribution is 0.637. The van der Waals surface area contributed by atoms with Crippen molar-refractivity contribution in [2.45, 2.75) is 6.54 Å². The molecule has 0 bridgehead atoms. The summed E-state index contributed by atoms with van der Waals surface area (Å²) in [5, 5.41) is 0. The van der Waals surface area contributed by atoms with Gasteiger partial charge in [-0.1, -0.05) is 6.07 Å². The molecule has 1 heterocycles. The van der Waals surface area contributed by atoms with Gasteiger partial charge in [0, 0.05) is 0 Å². The fourth-order valence-electron chi connectivity index (χ4n) is 1.14.